The number of rotatable bonds is 4. The van der Waals surface area contributed by atoms with E-state index in [0.29, 0.717) is 0 Å². The zero-order valence-electron chi connectivity index (χ0n) is 9.63. The van der Waals surface area contributed by atoms with Gasteiger partial charge in [0.15, 0.2) is 0 Å². The summed E-state index contributed by atoms with van der Waals surface area (Å²) in [6.45, 7) is 10.1. The highest BCUT2D eigenvalue weighted by molar-refractivity contribution is 4.87. The molecule has 2 heterocycles. The summed E-state index contributed by atoms with van der Waals surface area (Å²) in [6, 6.07) is 0. The van der Waals surface area contributed by atoms with Crippen molar-refractivity contribution in [3.8, 4) is 0 Å². The van der Waals surface area contributed by atoms with Gasteiger partial charge in [-0.3, -0.25) is 4.90 Å². The molecule has 0 spiro atoms. The maximum absolute atomic E-state index is 5.41. The molecule has 4 heteroatoms. The van der Waals surface area contributed by atoms with Crippen molar-refractivity contribution in [3.63, 3.8) is 0 Å². The molecule has 0 aromatic heterocycles. The molecule has 4 nitrogen and oxygen atoms in total. The van der Waals surface area contributed by atoms with Crippen LogP contribution in [0.25, 0.3) is 0 Å². The second kappa shape index (κ2) is 5.25. The third-order valence-electron chi connectivity index (χ3n) is 3.30. The van der Waals surface area contributed by atoms with E-state index in [0.717, 1.165) is 59.0 Å². The maximum atomic E-state index is 5.41. The molecular weight excluding hydrogens is 192 g/mol. The normalized spacial score (nSPS) is 33.4. The third-order valence-corrected chi connectivity index (χ3v) is 3.30. The van der Waals surface area contributed by atoms with E-state index in [1.165, 1.54) is 0 Å². The Morgan fingerprint density at radius 3 is 2.67 bits per heavy atom. The molecule has 0 radical (unpaired) electrons. The van der Waals surface area contributed by atoms with Crippen molar-refractivity contribution in [2.45, 2.75) is 18.9 Å². The summed E-state index contributed by atoms with van der Waals surface area (Å²) >= 11 is 0. The second-order valence-electron chi connectivity index (χ2n) is 4.74. The standard InChI is InChI=1S/C11H22N2O2/c1-11(2-7-15-10-11)12-3-4-13-5-8-14-9-6-13/h12H,2-10H2,1H3. The van der Waals surface area contributed by atoms with Gasteiger partial charge in [-0.15, -0.1) is 0 Å². The average molecular weight is 214 g/mol. The van der Waals surface area contributed by atoms with Crippen LogP contribution in [0.1, 0.15) is 13.3 Å². The van der Waals surface area contributed by atoms with Gasteiger partial charge in [-0.05, 0) is 13.3 Å². The van der Waals surface area contributed by atoms with E-state index < -0.39 is 0 Å². The van der Waals surface area contributed by atoms with E-state index in [1.54, 1.807) is 0 Å². The van der Waals surface area contributed by atoms with Crippen LogP contribution in [0.5, 0.6) is 0 Å². The molecule has 0 bridgehead atoms. The number of nitrogens with one attached hydrogen (secondary N) is 1. The minimum atomic E-state index is 0.215. The monoisotopic (exact) mass is 214 g/mol. The number of ether oxygens (including phenoxy) is 2. The van der Waals surface area contributed by atoms with Gasteiger partial charge in [0.2, 0.25) is 0 Å². The van der Waals surface area contributed by atoms with Crippen molar-refractivity contribution < 1.29 is 9.47 Å². The van der Waals surface area contributed by atoms with Crippen LogP contribution < -0.4 is 5.32 Å². The van der Waals surface area contributed by atoms with Crippen molar-refractivity contribution in [2.24, 2.45) is 0 Å². The molecule has 0 aromatic rings. The SMILES string of the molecule is CC1(NCCN2CCOCC2)CCOC1. The fraction of sp³-hybridized carbons (Fsp3) is 1.00. The van der Waals surface area contributed by atoms with Crippen LogP contribution in [0.4, 0.5) is 0 Å². The molecular formula is C11H22N2O2. The van der Waals surface area contributed by atoms with E-state index in [4.69, 9.17) is 9.47 Å². The van der Waals surface area contributed by atoms with Crippen molar-refractivity contribution in [3.05, 3.63) is 0 Å². The van der Waals surface area contributed by atoms with Crippen molar-refractivity contribution >= 4 is 0 Å². The molecule has 2 rings (SSSR count). The van der Waals surface area contributed by atoms with E-state index >= 15 is 0 Å². The van der Waals surface area contributed by atoms with Gasteiger partial charge < -0.3 is 14.8 Å². The highest BCUT2D eigenvalue weighted by Gasteiger charge is 2.28. The number of hydrogen-bond acceptors (Lipinski definition) is 4. The molecule has 2 fully saturated rings. The lowest BCUT2D eigenvalue weighted by molar-refractivity contribution is 0.0374. The van der Waals surface area contributed by atoms with Gasteiger partial charge in [-0.25, -0.2) is 0 Å². The smallest absolute Gasteiger partial charge is 0.0646 e. The summed E-state index contributed by atoms with van der Waals surface area (Å²) in [4.78, 5) is 2.45. The summed E-state index contributed by atoms with van der Waals surface area (Å²) in [5, 5.41) is 3.60. The first-order valence-electron chi connectivity index (χ1n) is 5.91. The lowest BCUT2D eigenvalue weighted by Gasteiger charge is -2.29. The van der Waals surface area contributed by atoms with Crippen molar-refractivity contribution in [2.75, 3.05) is 52.6 Å². The molecule has 2 saturated heterocycles. The Kier molecular flexibility index (Phi) is 3.97. The highest BCUT2D eigenvalue weighted by Crippen LogP contribution is 2.16. The van der Waals surface area contributed by atoms with Gasteiger partial charge in [0.25, 0.3) is 0 Å². The Morgan fingerprint density at radius 1 is 1.20 bits per heavy atom. The number of hydrogen-bond donors (Lipinski definition) is 1. The molecule has 88 valence electrons. The summed E-state index contributed by atoms with van der Waals surface area (Å²) < 4.78 is 10.7. The quantitative estimate of drug-likeness (QED) is 0.719. The Labute approximate surface area is 91.9 Å². The van der Waals surface area contributed by atoms with E-state index in [1.807, 2.05) is 0 Å². The van der Waals surface area contributed by atoms with Crippen molar-refractivity contribution in [1.29, 1.82) is 0 Å². The largest absolute Gasteiger partial charge is 0.379 e. The molecule has 2 aliphatic rings. The number of nitrogens with zero attached hydrogens (tertiary/aromatic N) is 1. The molecule has 2 aliphatic heterocycles. The fourth-order valence-electron chi connectivity index (χ4n) is 2.15. The maximum Gasteiger partial charge on any atom is 0.0646 e. The summed E-state index contributed by atoms with van der Waals surface area (Å²) in [6.07, 6.45) is 1.14. The topological polar surface area (TPSA) is 33.7 Å². The van der Waals surface area contributed by atoms with Crippen LogP contribution >= 0.6 is 0 Å². The zero-order valence-corrected chi connectivity index (χ0v) is 9.63. The summed E-state index contributed by atoms with van der Waals surface area (Å²) in [5.41, 5.74) is 0.215. The van der Waals surface area contributed by atoms with Crippen LogP contribution in [0.2, 0.25) is 0 Å². The predicted octanol–water partition coefficient (Wildman–Crippen LogP) is 0.0872. The van der Waals surface area contributed by atoms with Crippen LogP contribution in [0.15, 0.2) is 0 Å². The molecule has 0 amide bonds. The van der Waals surface area contributed by atoms with Crippen LogP contribution in [0, 0.1) is 0 Å². The van der Waals surface area contributed by atoms with Gasteiger partial charge in [0.05, 0.1) is 19.8 Å². The predicted molar refractivity (Wildman–Crippen MR) is 59.1 cm³/mol. The first kappa shape index (κ1) is 11.3. The molecule has 15 heavy (non-hydrogen) atoms. The second-order valence-corrected chi connectivity index (χ2v) is 4.74. The van der Waals surface area contributed by atoms with Gasteiger partial charge in [0.1, 0.15) is 0 Å². The van der Waals surface area contributed by atoms with Crippen LogP contribution in [-0.4, -0.2) is 63.0 Å². The Balaban J connectivity index is 1.61. The molecule has 1 atom stereocenters. The minimum Gasteiger partial charge on any atom is -0.379 e. The molecule has 1 N–H and O–H groups in total. The van der Waals surface area contributed by atoms with Gasteiger partial charge in [-0.1, -0.05) is 0 Å². The van der Waals surface area contributed by atoms with Gasteiger partial charge >= 0.3 is 0 Å². The lowest BCUT2D eigenvalue weighted by Crippen LogP contribution is -2.47. The lowest BCUT2D eigenvalue weighted by atomic mass is 10.0. The summed E-state index contributed by atoms with van der Waals surface area (Å²) in [5.74, 6) is 0. The molecule has 1 unspecified atom stereocenters. The van der Waals surface area contributed by atoms with Gasteiger partial charge in [0, 0.05) is 38.3 Å². The third kappa shape index (κ3) is 3.41. The average Bonchev–Trinajstić information content (AvgIpc) is 2.67. The molecule has 0 aliphatic carbocycles. The van der Waals surface area contributed by atoms with E-state index in [9.17, 15) is 0 Å². The first-order chi connectivity index (χ1) is 7.29. The first-order valence-corrected chi connectivity index (χ1v) is 5.91. The highest BCUT2D eigenvalue weighted by atomic mass is 16.5. The van der Waals surface area contributed by atoms with E-state index in [2.05, 4.69) is 17.1 Å². The fourth-order valence-corrected chi connectivity index (χ4v) is 2.15. The Hall–Kier alpha value is -0.160. The van der Waals surface area contributed by atoms with Gasteiger partial charge in [-0.2, -0.15) is 0 Å². The van der Waals surface area contributed by atoms with Crippen LogP contribution in [-0.2, 0) is 9.47 Å². The minimum absolute atomic E-state index is 0.215. The van der Waals surface area contributed by atoms with E-state index in [-0.39, 0.29) is 5.54 Å². The van der Waals surface area contributed by atoms with Crippen molar-refractivity contribution in [1.82, 2.24) is 10.2 Å². The Morgan fingerprint density at radius 2 is 2.00 bits per heavy atom. The number of morpholine rings is 1. The summed E-state index contributed by atoms with van der Waals surface area (Å²) in [7, 11) is 0. The zero-order chi connectivity index (χ0) is 10.6. The molecule has 0 aromatic carbocycles. The van der Waals surface area contributed by atoms with Crippen LogP contribution in [0.3, 0.4) is 0 Å². The molecule has 0 saturated carbocycles. The Bertz CT molecular complexity index is 187.